The third-order valence-electron chi connectivity index (χ3n) is 6.34. The van der Waals surface area contributed by atoms with E-state index in [0.29, 0.717) is 25.3 Å². The van der Waals surface area contributed by atoms with Crippen molar-refractivity contribution in [2.24, 2.45) is 0 Å². The molecule has 1 aromatic heterocycles. The molecule has 1 saturated heterocycles. The Balaban J connectivity index is 1.32. The van der Waals surface area contributed by atoms with Gasteiger partial charge in [-0.15, -0.1) is 0 Å². The van der Waals surface area contributed by atoms with Gasteiger partial charge in [0.05, 0.1) is 30.4 Å². The summed E-state index contributed by atoms with van der Waals surface area (Å²) in [5.41, 5.74) is 2.91. The van der Waals surface area contributed by atoms with Gasteiger partial charge in [-0.25, -0.2) is 4.98 Å². The fourth-order valence-electron chi connectivity index (χ4n) is 4.69. The van der Waals surface area contributed by atoms with Crippen molar-refractivity contribution in [2.75, 3.05) is 25.2 Å². The first-order chi connectivity index (χ1) is 16.7. The van der Waals surface area contributed by atoms with E-state index >= 15 is 0 Å². The van der Waals surface area contributed by atoms with Gasteiger partial charge in [-0.2, -0.15) is 0 Å². The Morgan fingerprint density at radius 1 is 0.941 bits per heavy atom. The second-order valence-electron chi connectivity index (χ2n) is 8.56. The predicted molar refractivity (Wildman–Crippen MR) is 134 cm³/mol. The number of para-hydroxylation sites is 5. The number of benzene rings is 3. The van der Waals surface area contributed by atoms with Gasteiger partial charge >= 0.3 is 0 Å². The Bertz CT molecular complexity index is 1270. The van der Waals surface area contributed by atoms with E-state index < -0.39 is 0 Å². The van der Waals surface area contributed by atoms with Crippen molar-refractivity contribution in [3.05, 3.63) is 84.7 Å². The Kier molecular flexibility index (Phi) is 6.47. The minimum Gasteiger partial charge on any atom is -0.495 e. The minimum absolute atomic E-state index is 0.0328. The second-order valence-corrected chi connectivity index (χ2v) is 8.56. The van der Waals surface area contributed by atoms with Crippen LogP contribution < -0.4 is 14.4 Å². The van der Waals surface area contributed by atoms with E-state index in [0.717, 1.165) is 47.7 Å². The second kappa shape index (κ2) is 10.00. The number of hydrogen-bond acceptors (Lipinski definition) is 4. The molecule has 0 radical (unpaired) electrons. The molecule has 4 aromatic rings. The Morgan fingerprint density at radius 2 is 1.71 bits per heavy atom. The van der Waals surface area contributed by atoms with E-state index in [-0.39, 0.29) is 11.8 Å². The van der Waals surface area contributed by atoms with Crippen LogP contribution >= 0.6 is 0 Å². The SMILES string of the molecule is COc1ccccc1N1CC(c2nc3ccccc3n2CCCCOc2ccccc2)CC1=O. The number of hydrogen-bond donors (Lipinski definition) is 0. The smallest absolute Gasteiger partial charge is 0.227 e. The van der Waals surface area contributed by atoms with Crippen molar-refractivity contribution in [1.29, 1.82) is 0 Å². The van der Waals surface area contributed by atoms with Crippen LogP contribution in [0, 0.1) is 0 Å². The number of imidazole rings is 1. The first-order valence-electron chi connectivity index (χ1n) is 11.8. The zero-order valence-corrected chi connectivity index (χ0v) is 19.4. The highest BCUT2D eigenvalue weighted by Gasteiger charge is 2.35. The summed E-state index contributed by atoms with van der Waals surface area (Å²) in [6.07, 6.45) is 2.35. The fourth-order valence-corrected chi connectivity index (χ4v) is 4.69. The van der Waals surface area contributed by atoms with Gasteiger partial charge in [0.15, 0.2) is 0 Å². The third-order valence-corrected chi connectivity index (χ3v) is 6.34. The summed E-state index contributed by atoms with van der Waals surface area (Å²) in [7, 11) is 1.64. The maximum absolute atomic E-state index is 13.0. The first kappa shape index (κ1) is 22.0. The van der Waals surface area contributed by atoms with Crippen LogP contribution in [0.5, 0.6) is 11.5 Å². The lowest BCUT2D eigenvalue weighted by molar-refractivity contribution is -0.117. The summed E-state index contributed by atoms with van der Waals surface area (Å²) < 4.78 is 13.6. The van der Waals surface area contributed by atoms with Crippen LogP contribution in [0.1, 0.15) is 31.0 Å². The van der Waals surface area contributed by atoms with Crippen molar-refractivity contribution in [2.45, 2.75) is 31.7 Å². The van der Waals surface area contributed by atoms with Crippen LogP contribution in [-0.2, 0) is 11.3 Å². The number of amides is 1. The van der Waals surface area contributed by atoms with Gasteiger partial charge < -0.3 is 18.9 Å². The third kappa shape index (κ3) is 4.49. The molecule has 34 heavy (non-hydrogen) atoms. The van der Waals surface area contributed by atoms with Crippen molar-refractivity contribution in [3.63, 3.8) is 0 Å². The normalized spacial score (nSPS) is 15.7. The lowest BCUT2D eigenvalue weighted by Gasteiger charge is -2.19. The number of carbonyl (C=O) groups is 1. The summed E-state index contributed by atoms with van der Waals surface area (Å²) in [4.78, 5) is 19.8. The molecule has 0 aliphatic carbocycles. The molecular weight excluding hydrogens is 426 g/mol. The van der Waals surface area contributed by atoms with Crippen molar-refractivity contribution >= 4 is 22.6 Å². The number of methoxy groups -OCH3 is 1. The summed E-state index contributed by atoms with van der Waals surface area (Å²) in [5, 5.41) is 0. The van der Waals surface area contributed by atoms with Gasteiger partial charge in [0.1, 0.15) is 17.3 Å². The number of anilines is 1. The summed E-state index contributed by atoms with van der Waals surface area (Å²) in [5.74, 6) is 2.73. The van der Waals surface area contributed by atoms with Crippen LogP contribution in [0.2, 0.25) is 0 Å². The molecule has 1 unspecified atom stereocenters. The number of unbranched alkanes of at least 4 members (excludes halogenated alkanes) is 1. The highest BCUT2D eigenvalue weighted by atomic mass is 16.5. The zero-order chi connectivity index (χ0) is 23.3. The molecule has 0 spiro atoms. The lowest BCUT2D eigenvalue weighted by atomic mass is 10.1. The van der Waals surface area contributed by atoms with E-state index in [1.165, 1.54) is 0 Å². The van der Waals surface area contributed by atoms with E-state index in [1.807, 2.05) is 77.7 Å². The van der Waals surface area contributed by atoms with E-state index in [1.54, 1.807) is 7.11 Å². The molecule has 0 saturated carbocycles. The Morgan fingerprint density at radius 3 is 2.56 bits per heavy atom. The highest BCUT2D eigenvalue weighted by Crippen LogP contribution is 2.37. The fraction of sp³-hybridized carbons (Fsp3) is 0.286. The molecule has 2 heterocycles. The number of ether oxygens (including phenoxy) is 2. The topological polar surface area (TPSA) is 56.6 Å². The summed E-state index contributed by atoms with van der Waals surface area (Å²) in [6, 6.07) is 25.8. The molecule has 1 atom stereocenters. The largest absolute Gasteiger partial charge is 0.495 e. The maximum Gasteiger partial charge on any atom is 0.227 e. The molecule has 3 aromatic carbocycles. The molecule has 1 fully saturated rings. The van der Waals surface area contributed by atoms with Crippen LogP contribution in [-0.4, -0.2) is 35.7 Å². The number of aryl methyl sites for hydroxylation is 1. The minimum atomic E-state index is 0.0328. The van der Waals surface area contributed by atoms with E-state index in [2.05, 4.69) is 10.6 Å². The first-order valence-corrected chi connectivity index (χ1v) is 11.8. The lowest BCUT2D eigenvalue weighted by Crippen LogP contribution is -2.25. The van der Waals surface area contributed by atoms with Crippen LogP contribution in [0.4, 0.5) is 5.69 Å². The molecule has 0 bridgehead atoms. The van der Waals surface area contributed by atoms with Crippen molar-refractivity contribution in [1.82, 2.24) is 9.55 Å². The summed E-state index contributed by atoms with van der Waals surface area (Å²) in [6.45, 7) is 2.11. The van der Waals surface area contributed by atoms with Gasteiger partial charge in [0.25, 0.3) is 0 Å². The molecular formula is C28H29N3O3. The molecule has 0 N–H and O–H groups in total. The number of rotatable bonds is 9. The average molecular weight is 456 g/mol. The number of fused-ring (bicyclic) bond motifs is 1. The standard InChI is InChI=1S/C28H29N3O3/c1-33-26-16-8-7-15-25(26)31-20-21(19-27(31)32)28-29-23-13-5-6-14-24(23)30(28)17-9-10-18-34-22-11-3-2-4-12-22/h2-8,11-16,21H,9-10,17-20H2,1H3. The Hall–Kier alpha value is -3.80. The quantitative estimate of drug-likeness (QED) is 0.316. The van der Waals surface area contributed by atoms with Gasteiger partial charge in [-0.1, -0.05) is 42.5 Å². The summed E-state index contributed by atoms with van der Waals surface area (Å²) >= 11 is 0. The van der Waals surface area contributed by atoms with E-state index in [4.69, 9.17) is 14.5 Å². The Labute approximate surface area is 199 Å². The number of carbonyl (C=O) groups excluding carboxylic acids is 1. The molecule has 6 nitrogen and oxygen atoms in total. The van der Waals surface area contributed by atoms with Gasteiger partial charge in [-0.05, 0) is 49.2 Å². The molecule has 6 heteroatoms. The van der Waals surface area contributed by atoms with Gasteiger partial charge in [0.2, 0.25) is 5.91 Å². The zero-order valence-electron chi connectivity index (χ0n) is 19.4. The van der Waals surface area contributed by atoms with Crippen molar-refractivity contribution in [3.8, 4) is 11.5 Å². The average Bonchev–Trinajstić information content (AvgIpc) is 3.45. The molecule has 1 aliphatic heterocycles. The molecule has 1 aliphatic rings. The van der Waals surface area contributed by atoms with Gasteiger partial charge in [0, 0.05) is 25.4 Å². The van der Waals surface area contributed by atoms with Crippen LogP contribution in [0.15, 0.2) is 78.9 Å². The molecule has 174 valence electrons. The number of aromatic nitrogens is 2. The van der Waals surface area contributed by atoms with Crippen LogP contribution in [0.25, 0.3) is 11.0 Å². The maximum atomic E-state index is 13.0. The number of nitrogens with zero attached hydrogens (tertiary/aromatic N) is 3. The predicted octanol–water partition coefficient (Wildman–Crippen LogP) is 5.42. The molecule has 5 rings (SSSR count). The van der Waals surface area contributed by atoms with Gasteiger partial charge in [-0.3, -0.25) is 4.79 Å². The van der Waals surface area contributed by atoms with E-state index in [9.17, 15) is 4.79 Å². The highest BCUT2D eigenvalue weighted by molar-refractivity contribution is 5.97. The molecule has 1 amide bonds. The van der Waals surface area contributed by atoms with Crippen LogP contribution in [0.3, 0.4) is 0 Å². The van der Waals surface area contributed by atoms with Crippen molar-refractivity contribution < 1.29 is 14.3 Å². The monoisotopic (exact) mass is 455 g/mol.